The van der Waals surface area contributed by atoms with E-state index in [1.165, 1.54) is 6.08 Å². The van der Waals surface area contributed by atoms with Gasteiger partial charge in [0, 0.05) is 11.0 Å². The lowest BCUT2D eigenvalue weighted by atomic mass is 9.96. The number of carbonyl (C=O) groups excluding carboxylic acids is 1. The smallest absolute Gasteiger partial charge is 0.407 e. The molecule has 2 N–H and O–H groups in total. The van der Waals surface area contributed by atoms with Gasteiger partial charge in [-0.15, -0.1) is 0 Å². The number of ether oxygens (including phenoxy) is 1. The third-order valence-corrected chi connectivity index (χ3v) is 6.92. The number of halogens is 1. The van der Waals surface area contributed by atoms with E-state index in [1.807, 2.05) is 68.4 Å². The first-order chi connectivity index (χ1) is 17.3. The molecule has 2 atom stereocenters. The number of amides is 1. The molecule has 0 spiro atoms. The third kappa shape index (κ3) is 5.80. The molecule has 0 heterocycles. The summed E-state index contributed by atoms with van der Waals surface area (Å²) in [4.78, 5) is 24.7. The lowest BCUT2D eigenvalue weighted by Crippen LogP contribution is -2.40. The van der Waals surface area contributed by atoms with Crippen LogP contribution in [0, 0.1) is 11.8 Å². The zero-order valence-corrected chi connectivity index (χ0v) is 21.1. The average Bonchev–Trinajstić information content (AvgIpc) is 3.19. The van der Waals surface area contributed by atoms with Crippen molar-refractivity contribution < 1.29 is 19.4 Å². The van der Waals surface area contributed by atoms with Crippen molar-refractivity contribution in [3.05, 3.63) is 107 Å². The molecule has 0 unspecified atom stereocenters. The molecule has 1 aliphatic carbocycles. The number of hydrogen-bond donors (Lipinski definition) is 2. The highest BCUT2D eigenvalue weighted by atomic mass is 35.5. The first-order valence-corrected chi connectivity index (χ1v) is 12.5. The van der Waals surface area contributed by atoms with Crippen LogP contribution >= 0.6 is 11.6 Å². The number of benzene rings is 3. The van der Waals surface area contributed by atoms with Crippen molar-refractivity contribution in [3.63, 3.8) is 0 Å². The summed E-state index contributed by atoms with van der Waals surface area (Å²) in [6.07, 6.45) is 1.24. The summed E-state index contributed by atoms with van der Waals surface area (Å²) in [6, 6.07) is 25.1. The number of alkyl carbamates (subject to hydrolysis) is 1. The van der Waals surface area contributed by atoms with Crippen molar-refractivity contribution in [1.29, 1.82) is 0 Å². The molecule has 0 fully saturated rings. The van der Waals surface area contributed by atoms with E-state index in [2.05, 4.69) is 29.6 Å². The summed E-state index contributed by atoms with van der Waals surface area (Å²) in [5, 5.41) is 12.9. The first-order valence-electron chi connectivity index (χ1n) is 12.1. The fraction of sp³-hybridized carbons (Fsp3) is 0.267. The van der Waals surface area contributed by atoms with E-state index in [-0.39, 0.29) is 23.5 Å². The Morgan fingerprint density at radius 2 is 1.50 bits per heavy atom. The molecule has 0 saturated carbocycles. The molecule has 36 heavy (non-hydrogen) atoms. The monoisotopic (exact) mass is 503 g/mol. The van der Waals surface area contributed by atoms with Crippen LogP contribution in [0.15, 0.2) is 90.0 Å². The number of fused-ring (bicyclic) bond motifs is 3. The normalized spacial score (nSPS) is 14.6. The van der Waals surface area contributed by atoms with Crippen molar-refractivity contribution >= 4 is 23.7 Å². The van der Waals surface area contributed by atoms with E-state index in [4.69, 9.17) is 16.3 Å². The molecule has 0 aliphatic heterocycles. The Hall–Kier alpha value is -3.57. The minimum absolute atomic E-state index is 0.0473. The van der Waals surface area contributed by atoms with E-state index >= 15 is 0 Å². The van der Waals surface area contributed by atoms with E-state index < -0.39 is 24.0 Å². The van der Waals surface area contributed by atoms with Gasteiger partial charge < -0.3 is 15.2 Å². The number of carboxylic acid groups (broad SMARTS) is 1. The number of carbonyl (C=O) groups is 2. The van der Waals surface area contributed by atoms with E-state index in [0.29, 0.717) is 6.42 Å². The fourth-order valence-corrected chi connectivity index (χ4v) is 5.16. The van der Waals surface area contributed by atoms with Crippen molar-refractivity contribution in [1.82, 2.24) is 5.32 Å². The lowest BCUT2D eigenvalue weighted by Gasteiger charge is -2.23. The lowest BCUT2D eigenvalue weighted by molar-refractivity contribution is -0.140. The topological polar surface area (TPSA) is 75.6 Å². The minimum atomic E-state index is -0.972. The zero-order valence-electron chi connectivity index (χ0n) is 20.4. The molecular weight excluding hydrogens is 474 g/mol. The van der Waals surface area contributed by atoms with Gasteiger partial charge in [-0.25, -0.2) is 4.79 Å². The molecule has 1 amide bonds. The van der Waals surface area contributed by atoms with E-state index in [0.717, 1.165) is 27.8 Å². The van der Waals surface area contributed by atoms with Crippen LogP contribution in [0.25, 0.3) is 11.1 Å². The second-order valence-corrected chi connectivity index (χ2v) is 9.81. The summed E-state index contributed by atoms with van der Waals surface area (Å²) in [6.45, 7) is 4.02. The van der Waals surface area contributed by atoms with Crippen molar-refractivity contribution in [3.8, 4) is 11.1 Å². The highest BCUT2D eigenvalue weighted by Crippen LogP contribution is 2.44. The summed E-state index contributed by atoms with van der Waals surface area (Å²) < 4.78 is 5.67. The van der Waals surface area contributed by atoms with Crippen LogP contribution in [0.2, 0.25) is 0 Å². The second kappa shape index (κ2) is 11.4. The molecular formula is C30H30ClNO4. The predicted molar refractivity (Wildman–Crippen MR) is 142 cm³/mol. The molecule has 5 nitrogen and oxygen atoms in total. The molecule has 3 aromatic rings. The van der Waals surface area contributed by atoms with Gasteiger partial charge in [0.2, 0.25) is 0 Å². The number of carboxylic acids is 1. The van der Waals surface area contributed by atoms with Gasteiger partial charge in [-0.3, -0.25) is 4.79 Å². The van der Waals surface area contributed by atoms with Crippen LogP contribution in [-0.2, 0) is 16.0 Å². The molecule has 1 aliphatic rings. The average molecular weight is 504 g/mol. The molecule has 0 bridgehead atoms. The van der Waals surface area contributed by atoms with Crippen molar-refractivity contribution in [2.24, 2.45) is 11.8 Å². The Morgan fingerprint density at radius 3 is 2.06 bits per heavy atom. The first kappa shape index (κ1) is 25.5. The Labute approximate surface area is 216 Å². The molecule has 4 rings (SSSR count). The molecule has 186 valence electrons. The highest BCUT2D eigenvalue weighted by molar-refractivity contribution is 6.30. The number of hydrogen-bond acceptors (Lipinski definition) is 3. The van der Waals surface area contributed by atoms with Crippen LogP contribution < -0.4 is 5.32 Å². The standard InChI is InChI=1S/C30H30ClNO4/c1-19(2)28(27(31)17-21(29(33)34)16-20-10-4-3-5-11-20)32-30(35)36-18-26-24-14-8-6-12-22(24)23-13-7-9-15-25(23)26/h3-15,17,19,21,26,28H,16,18H2,1-2H3,(H,32,35)(H,33,34)/b27-17-/t21-,28+/m1/s1. The fourth-order valence-electron chi connectivity index (χ4n) is 4.70. The maximum atomic E-state index is 12.8. The van der Waals surface area contributed by atoms with Gasteiger partial charge in [-0.2, -0.15) is 0 Å². The second-order valence-electron chi connectivity index (χ2n) is 9.38. The molecule has 3 aromatic carbocycles. The van der Waals surface area contributed by atoms with Crippen LogP contribution in [0.1, 0.15) is 36.5 Å². The van der Waals surface area contributed by atoms with Gasteiger partial charge in [-0.05, 0) is 40.2 Å². The van der Waals surface area contributed by atoms with Gasteiger partial charge in [-0.1, -0.05) is 110 Å². The Kier molecular flexibility index (Phi) is 8.11. The number of aliphatic carboxylic acids is 1. The summed E-state index contributed by atoms with van der Waals surface area (Å²) >= 11 is 6.58. The van der Waals surface area contributed by atoms with Gasteiger partial charge in [0.05, 0.1) is 12.0 Å². The Balaban J connectivity index is 1.44. The van der Waals surface area contributed by atoms with Gasteiger partial charge >= 0.3 is 12.1 Å². The van der Waals surface area contributed by atoms with Crippen LogP contribution in [0.5, 0.6) is 0 Å². The van der Waals surface area contributed by atoms with Crippen LogP contribution in [-0.4, -0.2) is 29.8 Å². The Bertz CT molecular complexity index is 1210. The van der Waals surface area contributed by atoms with E-state index in [9.17, 15) is 14.7 Å². The highest BCUT2D eigenvalue weighted by Gasteiger charge is 2.30. The SMILES string of the molecule is CC(C)[C@H](NC(=O)OCC1c2ccccc2-c2ccccc21)/C(Cl)=C/[C@@H](Cc1ccccc1)C(=O)O. The Morgan fingerprint density at radius 1 is 0.944 bits per heavy atom. The quantitative estimate of drug-likeness (QED) is 0.344. The van der Waals surface area contributed by atoms with Crippen LogP contribution in [0.3, 0.4) is 0 Å². The largest absolute Gasteiger partial charge is 0.481 e. The minimum Gasteiger partial charge on any atom is -0.481 e. The van der Waals surface area contributed by atoms with Gasteiger partial charge in [0.15, 0.2) is 0 Å². The third-order valence-electron chi connectivity index (χ3n) is 6.56. The predicted octanol–water partition coefficient (Wildman–Crippen LogP) is 6.62. The molecule has 6 heteroatoms. The number of nitrogens with one attached hydrogen (secondary N) is 1. The molecule has 0 saturated heterocycles. The van der Waals surface area contributed by atoms with Crippen molar-refractivity contribution in [2.75, 3.05) is 6.61 Å². The maximum Gasteiger partial charge on any atom is 0.407 e. The summed E-state index contributed by atoms with van der Waals surface area (Å²) in [5.74, 6) is -1.90. The van der Waals surface area contributed by atoms with Gasteiger partial charge in [0.1, 0.15) is 6.61 Å². The number of rotatable bonds is 9. The summed E-state index contributed by atoms with van der Waals surface area (Å²) in [7, 11) is 0. The van der Waals surface area contributed by atoms with E-state index in [1.54, 1.807) is 0 Å². The maximum absolute atomic E-state index is 12.8. The molecule has 0 radical (unpaired) electrons. The van der Waals surface area contributed by atoms with Crippen LogP contribution in [0.4, 0.5) is 4.79 Å². The van der Waals surface area contributed by atoms with Gasteiger partial charge in [0.25, 0.3) is 0 Å². The summed E-state index contributed by atoms with van der Waals surface area (Å²) in [5.41, 5.74) is 5.49. The zero-order chi connectivity index (χ0) is 25.7. The van der Waals surface area contributed by atoms with Crippen molar-refractivity contribution in [2.45, 2.75) is 32.2 Å². The molecule has 0 aromatic heterocycles.